The molecule has 4 aromatic rings. The highest BCUT2D eigenvalue weighted by atomic mass is 32.2. The number of sulfonamides is 1. The Morgan fingerprint density at radius 2 is 1.97 bits per heavy atom. The molecular formula is C21H19N3O5S2. The van der Waals surface area contributed by atoms with E-state index in [9.17, 15) is 13.2 Å². The van der Waals surface area contributed by atoms with Crippen molar-refractivity contribution >= 4 is 48.9 Å². The fourth-order valence-electron chi connectivity index (χ4n) is 2.84. The van der Waals surface area contributed by atoms with Crippen LogP contribution in [0.2, 0.25) is 0 Å². The van der Waals surface area contributed by atoms with Crippen molar-refractivity contribution < 1.29 is 22.4 Å². The Labute approximate surface area is 182 Å². The van der Waals surface area contributed by atoms with Crippen molar-refractivity contribution in [2.24, 2.45) is 0 Å². The maximum absolute atomic E-state index is 12.6. The number of benzene rings is 2. The van der Waals surface area contributed by atoms with Gasteiger partial charge in [0.05, 0.1) is 28.8 Å². The number of carbonyl (C=O) groups excluding carboxylic acids is 1. The summed E-state index contributed by atoms with van der Waals surface area (Å²) >= 11 is 1.48. The quantitative estimate of drug-likeness (QED) is 0.420. The van der Waals surface area contributed by atoms with Gasteiger partial charge in [0, 0.05) is 11.8 Å². The van der Waals surface area contributed by atoms with E-state index in [4.69, 9.17) is 9.15 Å². The Balaban J connectivity index is 1.52. The zero-order valence-corrected chi connectivity index (χ0v) is 18.3. The number of rotatable bonds is 7. The molecule has 2 N–H and O–H groups in total. The van der Waals surface area contributed by atoms with Crippen LogP contribution < -0.4 is 14.8 Å². The molecule has 0 aliphatic rings. The normalized spacial score (nSPS) is 11.4. The molecule has 2 aromatic heterocycles. The molecule has 31 heavy (non-hydrogen) atoms. The predicted molar refractivity (Wildman–Crippen MR) is 121 cm³/mol. The molecule has 1 amide bonds. The average Bonchev–Trinajstić information content (AvgIpc) is 3.41. The molecular weight excluding hydrogens is 438 g/mol. The first-order chi connectivity index (χ1) is 14.9. The smallest absolute Gasteiger partial charge is 0.291 e. The Hall–Kier alpha value is -3.37. The first-order valence-corrected chi connectivity index (χ1v) is 11.8. The van der Waals surface area contributed by atoms with Crippen molar-refractivity contribution in [3.05, 3.63) is 60.4 Å². The molecule has 0 unspecified atom stereocenters. The van der Waals surface area contributed by atoms with E-state index in [2.05, 4.69) is 15.0 Å². The molecule has 4 rings (SSSR count). The number of anilines is 2. The number of amides is 1. The van der Waals surface area contributed by atoms with Gasteiger partial charge in [-0.1, -0.05) is 12.1 Å². The number of para-hydroxylation sites is 1. The first kappa shape index (κ1) is 20.9. The third kappa shape index (κ3) is 4.54. The molecule has 0 saturated carbocycles. The Morgan fingerprint density at radius 3 is 2.71 bits per heavy atom. The van der Waals surface area contributed by atoms with E-state index in [0.717, 1.165) is 10.2 Å². The number of furan rings is 1. The maximum atomic E-state index is 12.6. The zero-order chi connectivity index (χ0) is 22.0. The molecule has 0 bridgehead atoms. The number of methoxy groups -OCH3 is 1. The summed E-state index contributed by atoms with van der Waals surface area (Å²) in [6, 6.07) is 15.7. The van der Waals surface area contributed by atoms with E-state index in [-0.39, 0.29) is 17.3 Å². The number of aromatic nitrogens is 1. The van der Waals surface area contributed by atoms with Gasteiger partial charge in [0.25, 0.3) is 5.91 Å². The summed E-state index contributed by atoms with van der Waals surface area (Å²) in [7, 11) is -2.04. The van der Waals surface area contributed by atoms with E-state index in [1.165, 1.54) is 37.5 Å². The molecule has 0 spiro atoms. The van der Waals surface area contributed by atoms with Gasteiger partial charge in [0.1, 0.15) is 5.75 Å². The second-order valence-corrected chi connectivity index (χ2v) is 9.57. The van der Waals surface area contributed by atoms with E-state index < -0.39 is 15.9 Å². The minimum absolute atomic E-state index is 0.0654. The van der Waals surface area contributed by atoms with Crippen molar-refractivity contribution in [3.63, 3.8) is 0 Å². The topological polar surface area (TPSA) is 111 Å². The number of fused-ring (bicyclic) bond motifs is 1. The number of thiazole rings is 1. The molecule has 0 fully saturated rings. The SMILES string of the molecule is CCS(=O)(=O)Nc1ccc(NC(=O)c2ccc(-c3nc4ccccc4s3)o2)cc1OC. The Kier molecular flexibility index (Phi) is 5.66. The van der Waals surface area contributed by atoms with Crippen LogP contribution in [0.15, 0.2) is 59.0 Å². The van der Waals surface area contributed by atoms with E-state index >= 15 is 0 Å². The van der Waals surface area contributed by atoms with Gasteiger partial charge in [-0.15, -0.1) is 11.3 Å². The Bertz CT molecular complexity index is 1330. The van der Waals surface area contributed by atoms with Gasteiger partial charge in [-0.05, 0) is 43.3 Å². The van der Waals surface area contributed by atoms with Crippen LogP contribution in [-0.4, -0.2) is 32.2 Å². The second kappa shape index (κ2) is 8.40. The van der Waals surface area contributed by atoms with Crippen LogP contribution in [-0.2, 0) is 10.0 Å². The van der Waals surface area contributed by atoms with Crippen molar-refractivity contribution in [1.29, 1.82) is 0 Å². The highest BCUT2D eigenvalue weighted by molar-refractivity contribution is 7.92. The second-order valence-electron chi connectivity index (χ2n) is 6.53. The molecule has 2 heterocycles. The van der Waals surface area contributed by atoms with Crippen molar-refractivity contribution in [2.45, 2.75) is 6.92 Å². The lowest BCUT2D eigenvalue weighted by atomic mass is 10.2. The Morgan fingerprint density at radius 1 is 1.16 bits per heavy atom. The highest BCUT2D eigenvalue weighted by Crippen LogP contribution is 2.32. The summed E-state index contributed by atoms with van der Waals surface area (Å²) in [5.74, 6) is 0.405. The monoisotopic (exact) mass is 457 g/mol. The molecule has 160 valence electrons. The molecule has 0 aliphatic carbocycles. The molecule has 0 atom stereocenters. The lowest BCUT2D eigenvalue weighted by Gasteiger charge is -2.12. The summed E-state index contributed by atoms with van der Waals surface area (Å²) < 4.78 is 38.0. The standard InChI is InChI=1S/C21H19N3O5S2/c1-3-31(26,27)24-14-9-8-13(12-18(14)28-2)22-20(25)16-10-11-17(29-16)21-23-15-6-4-5-7-19(15)30-21/h4-12,24H,3H2,1-2H3,(H,22,25). The van der Waals surface area contributed by atoms with Gasteiger partial charge >= 0.3 is 0 Å². The number of nitrogens with zero attached hydrogens (tertiary/aromatic N) is 1. The van der Waals surface area contributed by atoms with Crippen molar-refractivity contribution in [3.8, 4) is 16.5 Å². The molecule has 0 radical (unpaired) electrons. The van der Waals surface area contributed by atoms with Crippen LogP contribution in [0.25, 0.3) is 21.0 Å². The van der Waals surface area contributed by atoms with Crippen LogP contribution in [0.4, 0.5) is 11.4 Å². The van der Waals surface area contributed by atoms with Gasteiger partial charge in [0.2, 0.25) is 10.0 Å². The van der Waals surface area contributed by atoms with Crippen LogP contribution in [0.1, 0.15) is 17.5 Å². The third-order valence-electron chi connectivity index (χ3n) is 4.44. The number of nitrogens with one attached hydrogen (secondary N) is 2. The summed E-state index contributed by atoms with van der Waals surface area (Å²) in [6.07, 6.45) is 0. The van der Waals surface area contributed by atoms with E-state index in [1.807, 2.05) is 24.3 Å². The fraction of sp³-hybridized carbons (Fsp3) is 0.143. The summed E-state index contributed by atoms with van der Waals surface area (Å²) in [5.41, 5.74) is 1.59. The number of ether oxygens (including phenoxy) is 1. The molecule has 10 heteroatoms. The van der Waals surface area contributed by atoms with Crippen molar-refractivity contribution in [1.82, 2.24) is 4.98 Å². The number of carbonyl (C=O) groups is 1. The zero-order valence-electron chi connectivity index (χ0n) is 16.7. The molecule has 0 saturated heterocycles. The van der Waals surface area contributed by atoms with Gasteiger partial charge < -0.3 is 14.5 Å². The molecule has 2 aromatic carbocycles. The van der Waals surface area contributed by atoms with E-state index in [1.54, 1.807) is 18.2 Å². The third-order valence-corrected chi connectivity index (χ3v) is 6.78. The highest BCUT2D eigenvalue weighted by Gasteiger charge is 2.17. The van der Waals surface area contributed by atoms with Crippen molar-refractivity contribution in [2.75, 3.05) is 22.9 Å². The van der Waals surface area contributed by atoms with E-state index in [0.29, 0.717) is 22.1 Å². The van der Waals surface area contributed by atoms with Gasteiger partial charge in [-0.25, -0.2) is 13.4 Å². The maximum Gasteiger partial charge on any atom is 0.291 e. The van der Waals surface area contributed by atoms with Crippen LogP contribution >= 0.6 is 11.3 Å². The summed E-state index contributed by atoms with van der Waals surface area (Å²) in [6.45, 7) is 1.54. The predicted octanol–water partition coefficient (Wildman–Crippen LogP) is 4.58. The number of hydrogen-bond acceptors (Lipinski definition) is 7. The molecule has 0 aliphatic heterocycles. The van der Waals surface area contributed by atoms with Gasteiger partial charge in [-0.3, -0.25) is 9.52 Å². The minimum atomic E-state index is -3.45. The van der Waals surface area contributed by atoms with Crippen LogP contribution in [0.3, 0.4) is 0 Å². The van der Waals surface area contributed by atoms with Crippen LogP contribution in [0.5, 0.6) is 5.75 Å². The minimum Gasteiger partial charge on any atom is -0.494 e. The lowest BCUT2D eigenvalue weighted by Crippen LogP contribution is -2.15. The average molecular weight is 458 g/mol. The molecule has 8 nitrogen and oxygen atoms in total. The van der Waals surface area contributed by atoms with Gasteiger partial charge in [0.15, 0.2) is 16.5 Å². The first-order valence-electron chi connectivity index (χ1n) is 9.34. The summed E-state index contributed by atoms with van der Waals surface area (Å²) in [4.78, 5) is 17.1. The summed E-state index contributed by atoms with van der Waals surface area (Å²) in [5, 5.41) is 3.41. The largest absolute Gasteiger partial charge is 0.494 e. The fourth-order valence-corrected chi connectivity index (χ4v) is 4.41. The van der Waals surface area contributed by atoms with Crippen LogP contribution in [0, 0.1) is 0 Å². The number of hydrogen-bond donors (Lipinski definition) is 2. The van der Waals surface area contributed by atoms with Gasteiger partial charge in [-0.2, -0.15) is 0 Å². The lowest BCUT2D eigenvalue weighted by molar-refractivity contribution is 0.0997.